The summed E-state index contributed by atoms with van der Waals surface area (Å²) in [5.41, 5.74) is 1.86. The van der Waals surface area contributed by atoms with Crippen LogP contribution in [0.2, 0.25) is 0 Å². The maximum atomic E-state index is 12.6. The Bertz CT molecular complexity index is 879. The van der Waals surface area contributed by atoms with Crippen molar-refractivity contribution in [1.29, 1.82) is 0 Å². The number of carbonyl (C=O) groups excluding carboxylic acids is 1. The van der Waals surface area contributed by atoms with Crippen molar-refractivity contribution in [3.8, 4) is 11.6 Å². The number of aryl methyl sites for hydroxylation is 1. The lowest BCUT2D eigenvalue weighted by atomic mass is 9.97. The Morgan fingerprint density at radius 3 is 2.78 bits per heavy atom. The van der Waals surface area contributed by atoms with E-state index in [0.29, 0.717) is 30.4 Å². The molecule has 6 heteroatoms. The highest BCUT2D eigenvalue weighted by atomic mass is 16.4. The zero-order valence-corrected chi connectivity index (χ0v) is 15.1. The molecule has 0 N–H and O–H groups in total. The number of piperidine rings is 1. The molecule has 3 aromatic rings. The predicted molar refractivity (Wildman–Crippen MR) is 101 cm³/mol. The van der Waals surface area contributed by atoms with Gasteiger partial charge in [0.15, 0.2) is 0 Å². The van der Waals surface area contributed by atoms with Gasteiger partial charge >= 0.3 is 0 Å². The first-order valence-electron chi connectivity index (χ1n) is 9.36. The molecule has 0 unspecified atom stereocenters. The molecule has 0 radical (unpaired) electrons. The first kappa shape index (κ1) is 17.4. The van der Waals surface area contributed by atoms with Crippen LogP contribution in [0.15, 0.2) is 59.1 Å². The van der Waals surface area contributed by atoms with E-state index in [1.54, 1.807) is 6.20 Å². The van der Waals surface area contributed by atoms with Gasteiger partial charge in [-0.25, -0.2) is 0 Å². The molecule has 0 bridgehead atoms. The minimum atomic E-state index is 0.0874. The summed E-state index contributed by atoms with van der Waals surface area (Å²) in [6, 6.07) is 15.7. The molecule has 27 heavy (non-hydrogen) atoms. The lowest BCUT2D eigenvalue weighted by molar-refractivity contribution is -0.132. The van der Waals surface area contributed by atoms with Crippen LogP contribution in [0.4, 0.5) is 0 Å². The van der Waals surface area contributed by atoms with E-state index in [9.17, 15) is 4.79 Å². The van der Waals surface area contributed by atoms with E-state index in [2.05, 4.69) is 27.3 Å². The second-order valence-electron chi connectivity index (χ2n) is 6.82. The molecule has 6 nitrogen and oxygen atoms in total. The zero-order valence-electron chi connectivity index (χ0n) is 15.1. The maximum absolute atomic E-state index is 12.6. The molecule has 138 valence electrons. The summed E-state index contributed by atoms with van der Waals surface area (Å²) < 4.78 is 5.84. The molecule has 4 rings (SSSR count). The Labute approximate surface area is 158 Å². The molecule has 0 spiro atoms. The van der Waals surface area contributed by atoms with Crippen LogP contribution in [0.25, 0.3) is 11.6 Å². The molecule has 3 heterocycles. The van der Waals surface area contributed by atoms with Crippen LogP contribution in [-0.2, 0) is 11.2 Å². The second kappa shape index (κ2) is 8.12. The van der Waals surface area contributed by atoms with Gasteiger partial charge in [-0.1, -0.05) is 36.4 Å². The third-order valence-electron chi connectivity index (χ3n) is 4.92. The fourth-order valence-corrected chi connectivity index (χ4v) is 3.45. The molecule has 1 amide bonds. The number of carbonyl (C=O) groups is 1. The SMILES string of the molecule is O=C(CCc1ccccc1)N1CCC[C@H](c2nnc(-c3ccccn3)o2)C1. The third kappa shape index (κ3) is 4.22. The summed E-state index contributed by atoms with van der Waals surface area (Å²) in [6.07, 6.45) is 4.90. The summed E-state index contributed by atoms with van der Waals surface area (Å²) in [6.45, 7) is 1.43. The average molecular weight is 362 g/mol. The number of pyridine rings is 1. The minimum Gasteiger partial charge on any atom is -0.419 e. The molecular weight excluding hydrogens is 340 g/mol. The van der Waals surface area contributed by atoms with Crippen molar-refractivity contribution in [2.75, 3.05) is 13.1 Å². The van der Waals surface area contributed by atoms with Crippen molar-refractivity contribution in [2.45, 2.75) is 31.6 Å². The molecule has 1 aliphatic heterocycles. The Morgan fingerprint density at radius 2 is 1.96 bits per heavy atom. The highest BCUT2D eigenvalue weighted by Crippen LogP contribution is 2.28. The minimum absolute atomic E-state index is 0.0874. The average Bonchev–Trinajstić information content (AvgIpc) is 3.24. The molecule has 0 saturated carbocycles. The number of nitrogens with zero attached hydrogens (tertiary/aromatic N) is 4. The maximum Gasteiger partial charge on any atom is 0.266 e. The van der Waals surface area contributed by atoms with Crippen LogP contribution in [0.3, 0.4) is 0 Å². The number of rotatable bonds is 5. The standard InChI is InChI=1S/C21H22N4O2/c26-19(12-11-16-7-2-1-3-8-16)25-14-6-9-17(15-25)20-23-24-21(27-20)18-10-4-5-13-22-18/h1-5,7-8,10,13,17H,6,9,11-12,14-15H2/t17-/m0/s1. The molecule has 1 aliphatic rings. The van der Waals surface area contributed by atoms with Crippen LogP contribution < -0.4 is 0 Å². The topological polar surface area (TPSA) is 72.1 Å². The first-order chi connectivity index (χ1) is 13.3. The summed E-state index contributed by atoms with van der Waals surface area (Å²) in [4.78, 5) is 18.8. The van der Waals surface area contributed by atoms with E-state index in [1.165, 1.54) is 5.56 Å². The zero-order chi connectivity index (χ0) is 18.5. The number of hydrogen-bond acceptors (Lipinski definition) is 5. The molecular formula is C21H22N4O2. The van der Waals surface area contributed by atoms with Gasteiger partial charge < -0.3 is 9.32 Å². The Balaban J connectivity index is 1.38. The van der Waals surface area contributed by atoms with E-state index < -0.39 is 0 Å². The van der Waals surface area contributed by atoms with Gasteiger partial charge in [-0.2, -0.15) is 0 Å². The molecule has 1 fully saturated rings. The third-order valence-corrected chi connectivity index (χ3v) is 4.92. The fourth-order valence-electron chi connectivity index (χ4n) is 3.45. The van der Waals surface area contributed by atoms with Crippen molar-refractivity contribution >= 4 is 5.91 Å². The van der Waals surface area contributed by atoms with E-state index >= 15 is 0 Å². The monoisotopic (exact) mass is 362 g/mol. The van der Waals surface area contributed by atoms with Crippen LogP contribution in [-0.4, -0.2) is 39.1 Å². The lowest BCUT2D eigenvalue weighted by Gasteiger charge is -2.31. The quantitative estimate of drug-likeness (QED) is 0.695. The van der Waals surface area contributed by atoms with Gasteiger partial charge in [-0.3, -0.25) is 9.78 Å². The number of likely N-dealkylation sites (tertiary alicyclic amines) is 1. The van der Waals surface area contributed by atoms with Crippen molar-refractivity contribution < 1.29 is 9.21 Å². The molecule has 1 saturated heterocycles. The summed E-state index contributed by atoms with van der Waals surface area (Å²) in [5.74, 6) is 1.30. The first-order valence-corrected chi connectivity index (χ1v) is 9.36. The van der Waals surface area contributed by atoms with Crippen LogP contribution >= 0.6 is 0 Å². The van der Waals surface area contributed by atoms with Gasteiger partial charge in [0.05, 0.1) is 5.92 Å². The van der Waals surface area contributed by atoms with Gasteiger partial charge in [-0.15, -0.1) is 10.2 Å². The van der Waals surface area contributed by atoms with Crippen LogP contribution in [0.5, 0.6) is 0 Å². The summed E-state index contributed by atoms with van der Waals surface area (Å²) in [7, 11) is 0. The smallest absolute Gasteiger partial charge is 0.266 e. The van der Waals surface area contributed by atoms with Gasteiger partial charge in [0.1, 0.15) is 5.69 Å². The second-order valence-corrected chi connectivity index (χ2v) is 6.82. The van der Waals surface area contributed by atoms with E-state index in [4.69, 9.17) is 4.42 Å². The fraction of sp³-hybridized carbons (Fsp3) is 0.333. The summed E-state index contributed by atoms with van der Waals surface area (Å²) >= 11 is 0. The van der Waals surface area contributed by atoms with Crippen molar-refractivity contribution in [2.24, 2.45) is 0 Å². The number of aromatic nitrogens is 3. The Hall–Kier alpha value is -3.02. The van der Waals surface area contributed by atoms with Crippen LogP contribution in [0, 0.1) is 0 Å². The van der Waals surface area contributed by atoms with E-state index in [1.807, 2.05) is 41.3 Å². The largest absolute Gasteiger partial charge is 0.419 e. The molecule has 1 aromatic carbocycles. The van der Waals surface area contributed by atoms with E-state index in [-0.39, 0.29) is 11.8 Å². The predicted octanol–water partition coefficient (Wildman–Crippen LogP) is 3.47. The van der Waals surface area contributed by atoms with Gasteiger partial charge in [0, 0.05) is 25.7 Å². The number of benzene rings is 1. The van der Waals surface area contributed by atoms with Crippen molar-refractivity contribution in [1.82, 2.24) is 20.1 Å². The normalized spacial score (nSPS) is 17.0. The Kier molecular flexibility index (Phi) is 5.23. The summed E-state index contributed by atoms with van der Waals surface area (Å²) in [5, 5.41) is 8.33. The highest BCUT2D eigenvalue weighted by Gasteiger charge is 2.28. The van der Waals surface area contributed by atoms with Gasteiger partial charge in [-0.05, 0) is 37.0 Å². The van der Waals surface area contributed by atoms with Gasteiger partial charge in [0.2, 0.25) is 11.8 Å². The number of hydrogen-bond donors (Lipinski definition) is 0. The van der Waals surface area contributed by atoms with Crippen molar-refractivity contribution in [3.63, 3.8) is 0 Å². The van der Waals surface area contributed by atoms with Crippen molar-refractivity contribution in [3.05, 3.63) is 66.2 Å². The molecule has 1 atom stereocenters. The van der Waals surface area contributed by atoms with Crippen LogP contribution in [0.1, 0.15) is 36.6 Å². The van der Waals surface area contributed by atoms with Gasteiger partial charge in [0.25, 0.3) is 5.89 Å². The highest BCUT2D eigenvalue weighted by molar-refractivity contribution is 5.76. The molecule has 0 aliphatic carbocycles. The molecule has 2 aromatic heterocycles. The Morgan fingerprint density at radius 1 is 1.11 bits per heavy atom. The lowest BCUT2D eigenvalue weighted by Crippen LogP contribution is -2.39. The van der Waals surface area contributed by atoms with E-state index in [0.717, 1.165) is 25.8 Å². The number of amides is 1.